The van der Waals surface area contributed by atoms with Gasteiger partial charge >= 0.3 is 0 Å². The first-order valence-electron chi connectivity index (χ1n) is 6.13. The van der Waals surface area contributed by atoms with Crippen LogP contribution in [-0.2, 0) is 6.42 Å². The molecule has 1 aromatic carbocycles. The number of fused-ring (bicyclic) bond motifs is 1. The molecule has 4 nitrogen and oxygen atoms in total. The van der Waals surface area contributed by atoms with E-state index in [0.717, 1.165) is 24.1 Å². The van der Waals surface area contributed by atoms with Gasteiger partial charge in [0.25, 0.3) is 5.89 Å². The van der Waals surface area contributed by atoms with Crippen molar-refractivity contribution in [2.75, 3.05) is 11.9 Å². The third kappa shape index (κ3) is 1.82. The zero-order valence-electron chi connectivity index (χ0n) is 10.1. The summed E-state index contributed by atoms with van der Waals surface area (Å²) >= 11 is 1.63. The van der Waals surface area contributed by atoms with E-state index in [1.807, 2.05) is 22.9 Å². The third-order valence-electron chi connectivity index (χ3n) is 3.27. The van der Waals surface area contributed by atoms with Crippen LogP contribution >= 0.6 is 11.3 Å². The molecule has 0 radical (unpaired) electrons. The van der Waals surface area contributed by atoms with E-state index in [9.17, 15) is 0 Å². The minimum Gasteiger partial charge on any atom is -0.384 e. The molecule has 19 heavy (non-hydrogen) atoms. The maximum Gasteiger partial charge on any atom is 0.258 e. The Hall–Kier alpha value is -2.14. The molecule has 0 saturated carbocycles. The lowest BCUT2D eigenvalue weighted by Crippen LogP contribution is -1.90. The lowest BCUT2D eigenvalue weighted by atomic mass is 10.1. The van der Waals surface area contributed by atoms with Crippen LogP contribution < -0.4 is 5.32 Å². The van der Waals surface area contributed by atoms with Crippen LogP contribution in [0.5, 0.6) is 0 Å². The summed E-state index contributed by atoms with van der Waals surface area (Å²) in [6, 6.07) is 8.21. The zero-order valence-corrected chi connectivity index (χ0v) is 10.9. The van der Waals surface area contributed by atoms with Gasteiger partial charge < -0.3 is 9.84 Å². The number of thiophene rings is 1. The molecule has 0 amide bonds. The van der Waals surface area contributed by atoms with Crippen molar-refractivity contribution >= 4 is 17.0 Å². The Morgan fingerprint density at radius 3 is 3.11 bits per heavy atom. The fourth-order valence-electron chi connectivity index (χ4n) is 2.29. The van der Waals surface area contributed by atoms with Crippen LogP contribution in [0.2, 0.25) is 0 Å². The number of hydrogen-bond donors (Lipinski definition) is 1. The summed E-state index contributed by atoms with van der Waals surface area (Å²) < 4.78 is 5.36. The van der Waals surface area contributed by atoms with E-state index in [2.05, 4.69) is 27.6 Å². The standard InChI is InChI=1S/C14H11N3OS/c1-2-12-9(3-5-15-12)7-10(1)14-16-13(17-18-14)11-4-6-19-8-11/h1-2,4,6-8,15H,3,5H2. The lowest BCUT2D eigenvalue weighted by Gasteiger charge is -2.00. The van der Waals surface area contributed by atoms with Crippen molar-refractivity contribution in [2.24, 2.45) is 0 Å². The lowest BCUT2D eigenvalue weighted by molar-refractivity contribution is 0.432. The van der Waals surface area contributed by atoms with Crippen LogP contribution in [0.3, 0.4) is 0 Å². The molecule has 0 spiro atoms. The highest BCUT2D eigenvalue weighted by atomic mass is 32.1. The Labute approximate surface area is 114 Å². The molecule has 2 aromatic heterocycles. The molecule has 1 aliphatic heterocycles. The van der Waals surface area contributed by atoms with Gasteiger partial charge in [0.2, 0.25) is 5.82 Å². The van der Waals surface area contributed by atoms with Gasteiger partial charge in [0.15, 0.2) is 0 Å². The van der Waals surface area contributed by atoms with E-state index in [0.29, 0.717) is 11.7 Å². The monoisotopic (exact) mass is 269 g/mol. The van der Waals surface area contributed by atoms with Gasteiger partial charge in [0.05, 0.1) is 0 Å². The first-order chi connectivity index (χ1) is 9.40. The number of nitrogens with zero attached hydrogens (tertiary/aromatic N) is 2. The minimum atomic E-state index is 0.580. The maximum absolute atomic E-state index is 5.36. The predicted octanol–water partition coefficient (Wildman–Crippen LogP) is 3.43. The smallest absolute Gasteiger partial charge is 0.258 e. The van der Waals surface area contributed by atoms with Crippen molar-refractivity contribution in [3.63, 3.8) is 0 Å². The number of anilines is 1. The van der Waals surface area contributed by atoms with Gasteiger partial charge in [-0.25, -0.2) is 0 Å². The molecule has 4 rings (SSSR count). The molecule has 0 aliphatic carbocycles. The van der Waals surface area contributed by atoms with E-state index in [1.165, 1.54) is 11.3 Å². The molecular formula is C14H11N3OS. The molecule has 0 saturated heterocycles. The van der Waals surface area contributed by atoms with Gasteiger partial charge in [0, 0.05) is 28.7 Å². The van der Waals surface area contributed by atoms with Crippen LogP contribution in [0.15, 0.2) is 39.5 Å². The van der Waals surface area contributed by atoms with Gasteiger partial charge in [0.1, 0.15) is 0 Å². The van der Waals surface area contributed by atoms with E-state index in [1.54, 1.807) is 11.3 Å². The molecule has 3 heterocycles. The van der Waals surface area contributed by atoms with Gasteiger partial charge in [-0.15, -0.1) is 0 Å². The van der Waals surface area contributed by atoms with Gasteiger partial charge in [-0.3, -0.25) is 0 Å². The van der Waals surface area contributed by atoms with Crippen LogP contribution in [-0.4, -0.2) is 16.7 Å². The van der Waals surface area contributed by atoms with Crippen molar-refractivity contribution in [1.29, 1.82) is 0 Å². The van der Waals surface area contributed by atoms with E-state index in [4.69, 9.17) is 4.52 Å². The Morgan fingerprint density at radius 1 is 1.21 bits per heavy atom. The molecule has 94 valence electrons. The Bertz CT molecular complexity index is 718. The first-order valence-corrected chi connectivity index (χ1v) is 7.08. The number of hydrogen-bond acceptors (Lipinski definition) is 5. The van der Waals surface area contributed by atoms with Crippen molar-refractivity contribution in [3.8, 4) is 22.8 Å². The fraction of sp³-hybridized carbons (Fsp3) is 0.143. The zero-order chi connectivity index (χ0) is 12.7. The molecular weight excluding hydrogens is 258 g/mol. The summed E-state index contributed by atoms with van der Waals surface area (Å²) in [5.74, 6) is 1.23. The Kier molecular flexibility index (Phi) is 2.38. The molecule has 0 atom stereocenters. The summed E-state index contributed by atoms with van der Waals surface area (Å²) in [5, 5.41) is 11.4. The van der Waals surface area contributed by atoms with E-state index < -0.39 is 0 Å². The largest absolute Gasteiger partial charge is 0.384 e. The van der Waals surface area contributed by atoms with Crippen molar-refractivity contribution in [2.45, 2.75) is 6.42 Å². The average Bonchev–Trinajstić information content (AvgIpc) is 3.18. The van der Waals surface area contributed by atoms with Crippen molar-refractivity contribution < 1.29 is 4.52 Å². The number of benzene rings is 1. The van der Waals surface area contributed by atoms with Gasteiger partial charge in [-0.05, 0) is 41.6 Å². The second kappa shape index (κ2) is 4.20. The highest BCUT2D eigenvalue weighted by Gasteiger charge is 2.15. The fourth-order valence-corrected chi connectivity index (χ4v) is 2.92. The minimum absolute atomic E-state index is 0.580. The second-order valence-corrected chi connectivity index (χ2v) is 5.26. The van der Waals surface area contributed by atoms with E-state index >= 15 is 0 Å². The number of nitrogens with one attached hydrogen (secondary N) is 1. The molecule has 0 fully saturated rings. The highest BCUT2D eigenvalue weighted by molar-refractivity contribution is 7.08. The maximum atomic E-state index is 5.36. The summed E-state index contributed by atoms with van der Waals surface area (Å²) in [7, 11) is 0. The molecule has 0 unspecified atom stereocenters. The van der Waals surface area contributed by atoms with Crippen LogP contribution in [0.25, 0.3) is 22.8 Å². The second-order valence-electron chi connectivity index (χ2n) is 4.48. The SMILES string of the molecule is c1cc(-c2noc(-c3ccc4c(c3)CCN4)n2)cs1. The highest BCUT2D eigenvalue weighted by Crippen LogP contribution is 2.29. The van der Waals surface area contributed by atoms with Crippen molar-refractivity contribution in [3.05, 3.63) is 40.6 Å². The van der Waals surface area contributed by atoms with E-state index in [-0.39, 0.29) is 0 Å². The molecule has 5 heteroatoms. The molecule has 0 bridgehead atoms. The normalized spacial score (nSPS) is 13.3. The van der Waals surface area contributed by atoms with Crippen LogP contribution in [0, 0.1) is 0 Å². The Morgan fingerprint density at radius 2 is 2.21 bits per heavy atom. The number of rotatable bonds is 2. The average molecular weight is 269 g/mol. The topological polar surface area (TPSA) is 51.0 Å². The molecule has 3 aromatic rings. The Balaban J connectivity index is 1.73. The summed E-state index contributed by atoms with van der Waals surface area (Å²) in [5.41, 5.74) is 4.51. The van der Waals surface area contributed by atoms with Crippen molar-refractivity contribution in [1.82, 2.24) is 10.1 Å². The van der Waals surface area contributed by atoms with Gasteiger partial charge in [-0.2, -0.15) is 16.3 Å². The summed E-state index contributed by atoms with van der Waals surface area (Å²) in [4.78, 5) is 4.46. The molecule has 1 aliphatic rings. The van der Waals surface area contributed by atoms with Crippen LogP contribution in [0.4, 0.5) is 5.69 Å². The molecule has 1 N–H and O–H groups in total. The first kappa shape index (κ1) is 10.8. The third-order valence-corrected chi connectivity index (χ3v) is 3.95. The number of aromatic nitrogens is 2. The summed E-state index contributed by atoms with van der Waals surface area (Å²) in [6.07, 6.45) is 1.05. The summed E-state index contributed by atoms with van der Waals surface area (Å²) in [6.45, 7) is 1.00. The predicted molar refractivity (Wildman–Crippen MR) is 75.2 cm³/mol. The van der Waals surface area contributed by atoms with Gasteiger partial charge in [-0.1, -0.05) is 5.16 Å². The quantitative estimate of drug-likeness (QED) is 0.774. The van der Waals surface area contributed by atoms with Crippen LogP contribution in [0.1, 0.15) is 5.56 Å².